The van der Waals surface area contributed by atoms with Crippen LogP contribution in [0.5, 0.6) is 0 Å². The molecule has 1 aromatic carbocycles. The topological polar surface area (TPSA) is 0 Å². The van der Waals surface area contributed by atoms with Crippen LogP contribution in [-0.2, 0) is 0 Å². The van der Waals surface area contributed by atoms with E-state index in [9.17, 15) is 0 Å². The van der Waals surface area contributed by atoms with E-state index in [1.807, 2.05) is 10.6 Å². The number of hydrogen-bond donors (Lipinski definition) is 0. The van der Waals surface area contributed by atoms with Gasteiger partial charge in [0.15, 0.2) is 0 Å². The molecule has 4 rings (SSSR count). The molecule has 3 aliphatic heterocycles. The Morgan fingerprint density at radius 2 is 1.00 bits per heavy atom. The summed E-state index contributed by atoms with van der Waals surface area (Å²) >= 11 is 7.92. The van der Waals surface area contributed by atoms with E-state index in [2.05, 4.69) is 52.0 Å². The third-order valence-electron chi connectivity index (χ3n) is 9.10. The normalized spacial score (nSPS) is 39.3. The standard InChI is InChI=1S/C23H39ClP2/c1-5-17-13-14-18(6-2)25(17)21-11-9-10-12-22(21)26(23(25)24)19(7-3)15-16-20(26)8-4/h9-12,17-20,23,25-26H,5-8,13-16H2,1-4H3/t17-,18-,19-,20-/m1/s1. The van der Waals surface area contributed by atoms with Gasteiger partial charge < -0.3 is 0 Å². The molecule has 0 aromatic heterocycles. The first-order valence-electron chi connectivity index (χ1n) is 11.4. The molecule has 0 unspecified atom stereocenters. The van der Waals surface area contributed by atoms with Crippen molar-refractivity contribution in [1.29, 1.82) is 0 Å². The third-order valence-corrected chi connectivity index (χ3v) is 27.0. The summed E-state index contributed by atoms with van der Waals surface area (Å²) in [6.07, 6.45) is 11.3. The van der Waals surface area contributed by atoms with E-state index in [1.54, 1.807) is 0 Å². The van der Waals surface area contributed by atoms with Crippen molar-refractivity contribution in [2.45, 2.75) is 107 Å². The number of halogens is 1. The Kier molecular flexibility index (Phi) is 5.54. The molecular weight excluding hydrogens is 374 g/mol. The van der Waals surface area contributed by atoms with Crippen LogP contribution < -0.4 is 10.6 Å². The summed E-state index contributed by atoms with van der Waals surface area (Å²) in [5.41, 5.74) is 3.72. The van der Waals surface area contributed by atoms with Crippen molar-refractivity contribution < 1.29 is 0 Å². The number of hydrogen-bond acceptors (Lipinski definition) is 0. The summed E-state index contributed by atoms with van der Waals surface area (Å²) in [7, 11) is -3.36. The fourth-order valence-corrected chi connectivity index (χ4v) is 31.7. The zero-order valence-electron chi connectivity index (χ0n) is 17.2. The van der Waals surface area contributed by atoms with E-state index in [0.29, 0.717) is 4.86 Å². The summed E-state index contributed by atoms with van der Waals surface area (Å²) in [6.45, 7) is 9.83. The Labute approximate surface area is 167 Å². The van der Waals surface area contributed by atoms with Gasteiger partial charge in [-0.2, -0.15) is 0 Å². The second-order valence-electron chi connectivity index (χ2n) is 9.35. The number of rotatable bonds is 4. The molecule has 2 saturated heterocycles. The first kappa shape index (κ1) is 19.7. The molecule has 0 radical (unpaired) electrons. The average molecular weight is 413 g/mol. The van der Waals surface area contributed by atoms with E-state index in [4.69, 9.17) is 11.6 Å². The van der Waals surface area contributed by atoms with Gasteiger partial charge in [0, 0.05) is 0 Å². The monoisotopic (exact) mass is 412 g/mol. The molecule has 0 N–H and O–H groups in total. The van der Waals surface area contributed by atoms with Crippen LogP contribution in [-0.4, -0.2) is 27.5 Å². The second-order valence-corrected chi connectivity index (χ2v) is 20.3. The van der Waals surface area contributed by atoms with E-state index >= 15 is 0 Å². The second kappa shape index (κ2) is 7.32. The van der Waals surface area contributed by atoms with Crippen molar-refractivity contribution in [3.8, 4) is 0 Å². The molecule has 2 spiro atoms. The van der Waals surface area contributed by atoms with Crippen molar-refractivity contribution >= 4 is 36.7 Å². The van der Waals surface area contributed by atoms with Gasteiger partial charge in [-0.1, -0.05) is 0 Å². The van der Waals surface area contributed by atoms with Crippen LogP contribution in [0.4, 0.5) is 0 Å². The molecule has 3 heterocycles. The molecule has 0 aliphatic carbocycles. The van der Waals surface area contributed by atoms with Crippen molar-refractivity contribution in [2.75, 3.05) is 0 Å². The summed E-state index contributed by atoms with van der Waals surface area (Å²) in [4.78, 5) is 0.558. The molecule has 0 amide bonds. The first-order valence-corrected chi connectivity index (χ1v) is 16.3. The molecule has 1 aromatic rings. The van der Waals surface area contributed by atoms with E-state index in [0.717, 1.165) is 22.6 Å². The molecular formula is C23H39ClP2. The van der Waals surface area contributed by atoms with E-state index < -0.39 is 14.5 Å². The SMILES string of the molecule is CC[C@@H]1CC[C@@H](CC)[PH]12c1ccccc1[PH]1(C2Cl)[C@H](CC)CC[C@H]1CC. The summed E-state index contributed by atoms with van der Waals surface area (Å²) < 4.78 is 0. The Hall–Kier alpha value is 0.370. The maximum atomic E-state index is 7.92. The van der Waals surface area contributed by atoms with Gasteiger partial charge >= 0.3 is 168 Å². The van der Waals surface area contributed by atoms with E-state index in [-0.39, 0.29) is 0 Å². The minimum atomic E-state index is -1.68. The number of alkyl halides is 1. The summed E-state index contributed by atoms with van der Waals surface area (Å²) in [5.74, 6) is 0. The van der Waals surface area contributed by atoms with Crippen molar-refractivity contribution in [3.63, 3.8) is 0 Å². The summed E-state index contributed by atoms with van der Waals surface area (Å²) in [6, 6.07) is 9.85. The third kappa shape index (κ3) is 2.22. The van der Waals surface area contributed by atoms with Crippen LogP contribution in [0.2, 0.25) is 0 Å². The van der Waals surface area contributed by atoms with Gasteiger partial charge in [0.2, 0.25) is 0 Å². The van der Waals surface area contributed by atoms with Gasteiger partial charge in [-0.3, -0.25) is 0 Å². The van der Waals surface area contributed by atoms with Gasteiger partial charge in [0.1, 0.15) is 0 Å². The maximum absolute atomic E-state index is 7.92. The van der Waals surface area contributed by atoms with Gasteiger partial charge in [-0.25, -0.2) is 0 Å². The van der Waals surface area contributed by atoms with Crippen molar-refractivity contribution in [2.24, 2.45) is 0 Å². The van der Waals surface area contributed by atoms with Crippen LogP contribution in [0.15, 0.2) is 24.3 Å². The fourth-order valence-electron chi connectivity index (χ4n) is 8.21. The molecule has 4 atom stereocenters. The van der Waals surface area contributed by atoms with Crippen molar-refractivity contribution in [1.82, 2.24) is 0 Å². The fraction of sp³-hybridized carbons (Fsp3) is 0.739. The first-order chi connectivity index (χ1) is 12.6. The average Bonchev–Trinajstić information content (AvgIpc) is 3.31. The Morgan fingerprint density at radius 3 is 1.27 bits per heavy atom. The van der Waals surface area contributed by atoms with Crippen molar-refractivity contribution in [3.05, 3.63) is 24.3 Å². The van der Waals surface area contributed by atoms with Crippen LogP contribution >= 0.6 is 26.1 Å². The minimum absolute atomic E-state index is 0.558. The van der Waals surface area contributed by atoms with Crippen LogP contribution in [0.1, 0.15) is 79.1 Å². The molecule has 148 valence electrons. The Bertz CT molecular complexity index is 578. The van der Waals surface area contributed by atoms with Gasteiger partial charge in [0.25, 0.3) is 0 Å². The van der Waals surface area contributed by atoms with Crippen LogP contribution in [0.3, 0.4) is 0 Å². The van der Waals surface area contributed by atoms with Crippen LogP contribution in [0.25, 0.3) is 0 Å². The molecule has 2 fully saturated rings. The molecule has 0 saturated carbocycles. The Balaban J connectivity index is 2.01. The van der Waals surface area contributed by atoms with Crippen LogP contribution in [0, 0.1) is 0 Å². The number of benzene rings is 1. The molecule has 3 aliphatic rings. The zero-order chi connectivity index (χ0) is 18.5. The molecule has 26 heavy (non-hydrogen) atoms. The Morgan fingerprint density at radius 1 is 0.692 bits per heavy atom. The van der Waals surface area contributed by atoms with E-state index in [1.165, 1.54) is 51.4 Å². The quantitative estimate of drug-likeness (QED) is 0.382. The molecule has 3 heteroatoms. The predicted molar refractivity (Wildman–Crippen MR) is 127 cm³/mol. The predicted octanol–water partition coefficient (Wildman–Crippen LogP) is 6.68. The molecule has 0 nitrogen and oxygen atoms in total. The van der Waals surface area contributed by atoms with Gasteiger partial charge in [-0.15, -0.1) is 0 Å². The zero-order valence-corrected chi connectivity index (χ0v) is 20.0. The van der Waals surface area contributed by atoms with Gasteiger partial charge in [0.05, 0.1) is 0 Å². The summed E-state index contributed by atoms with van der Waals surface area (Å²) in [5, 5.41) is 3.73. The molecule has 0 bridgehead atoms. The number of fused-ring (bicyclic) bond motifs is 3. The van der Waals surface area contributed by atoms with Gasteiger partial charge in [-0.05, 0) is 0 Å².